The van der Waals surface area contributed by atoms with Gasteiger partial charge in [-0.25, -0.2) is 9.59 Å². The normalized spacial score (nSPS) is 31.0. The fourth-order valence-electron chi connectivity index (χ4n) is 7.26. The van der Waals surface area contributed by atoms with Crippen molar-refractivity contribution < 1.29 is 29.0 Å². The molecule has 1 aromatic rings. The summed E-state index contributed by atoms with van der Waals surface area (Å²) < 4.78 is 5.44. The summed E-state index contributed by atoms with van der Waals surface area (Å²) in [7, 11) is 0. The van der Waals surface area contributed by atoms with E-state index >= 15 is 0 Å². The zero-order valence-electron chi connectivity index (χ0n) is 23.0. The highest BCUT2D eigenvalue weighted by atomic mass is 16.6. The van der Waals surface area contributed by atoms with Crippen molar-refractivity contribution >= 4 is 23.9 Å². The van der Waals surface area contributed by atoms with Crippen molar-refractivity contribution in [2.75, 3.05) is 13.1 Å². The third-order valence-corrected chi connectivity index (χ3v) is 9.00. The Balaban J connectivity index is 1.18. The number of piperidine rings is 1. The van der Waals surface area contributed by atoms with Gasteiger partial charge in [0.15, 0.2) is 0 Å². The number of carboxylic acid groups (broad SMARTS) is 1. The van der Waals surface area contributed by atoms with Crippen LogP contribution in [0.5, 0.6) is 0 Å². The number of piperazine rings is 1. The summed E-state index contributed by atoms with van der Waals surface area (Å²) in [5.41, 5.74) is 1.49. The molecule has 7 atom stereocenters. The minimum atomic E-state index is -0.963. The number of hydrogen-bond acceptors (Lipinski definition) is 7. The van der Waals surface area contributed by atoms with E-state index in [0.717, 1.165) is 30.4 Å². The molecule has 3 amide bonds. The van der Waals surface area contributed by atoms with Gasteiger partial charge >= 0.3 is 12.1 Å². The van der Waals surface area contributed by atoms with Crippen LogP contribution in [-0.2, 0) is 20.7 Å². The number of aryl methyl sites for hydroxylation is 1. The van der Waals surface area contributed by atoms with Crippen LogP contribution in [0.4, 0.5) is 4.79 Å². The molecule has 0 aromatic heterocycles. The Kier molecular flexibility index (Phi) is 6.29. The molecule has 2 N–H and O–H groups in total. The molecule has 2 bridgehead atoms. The molecular weight excluding hydrogens is 514 g/mol. The molecule has 212 valence electrons. The molecule has 2 aliphatic carbocycles. The largest absolute Gasteiger partial charge is 0.478 e. The number of rotatable bonds is 6. The van der Waals surface area contributed by atoms with Crippen molar-refractivity contribution in [3.05, 3.63) is 34.9 Å². The van der Waals surface area contributed by atoms with E-state index in [1.807, 2.05) is 15.9 Å². The van der Waals surface area contributed by atoms with Crippen LogP contribution >= 0.6 is 0 Å². The van der Waals surface area contributed by atoms with Gasteiger partial charge in [-0.05, 0) is 82.1 Å². The highest BCUT2D eigenvalue weighted by Gasteiger charge is 2.57. The van der Waals surface area contributed by atoms with E-state index in [-0.39, 0.29) is 42.0 Å². The minimum absolute atomic E-state index is 0.00166. The Morgan fingerprint density at radius 2 is 1.98 bits per heavy atom. The average molecular weight is 550 g/mol. The molecule has 4 fully saturated rings. The van der Waals surface area contributed by atoms with Crippen LogP contribution < -0.4 is 5.32 Å². The molecule has 6 rings (SSSR count). The quantitative estimate of drug-likeness (QED) is 0.549. The van der Waals surface area contributed by atoms with E-state index in [9.17, 15) is 29.5 Å². The van der Waals surface area contributed by atoms with Crippen molar-refractivity contribution in [3.8, 4) is 6.07 Å². The molecule has 11 heteroatoms. The van der Waals surface area contributed by atoms with Crippen molar-refractivity contribution in [2.45, 2.75) is 94.7 Å². The lowest BCUT2D eigenvalue weighted by atomic mass is 10.0. The van der Waals surface area contributed by atoms with Gasteiger partial charge in [0.25, 0.3) is 0 Å². The summed E-state index contributed by atoms with van der Waals surface area (Å²) in [6.07, 6.45) is 2.95. The summed E-state index contributed by atoms with van der Waals surface area (Å²) in [6, 6.07) is 5.45. The van der Waals surface area contributed by atoms with Gasteiger partial charge in [0.2, 0.25) is 11.8 Å². The Morgan fingerprint density at radius 1 is 1.20 bits per heavy atom. The summed E-state index contributed by atoms with van der Waals surface area (Å²) >= 11 is 0. The summed E-state index contributed by atoms with van der Waals surface area (Å²) in [6.45, 7) is 5.99. The molecule has 3 heterocycles. The maximum Gasteiger partial charge on any atom is 0.408 e. The number of nitriles is 1. The van der Waals surface area contributed by atoms with E-state index in [4.69, 9.17) is 4.74 Å². The first-order valence-electron chi connectivity index (χ1n) is 14.1. The van der Waals surface area contributed by atoms with Crippen molar-refractivity contribution in [2.24, 2.45) is 5.92 Å². The van der Waals surface area contributed by atoms with Gasteiger partial charge in [0.1, 0.15) is 17.7 Å². The molecule has 0 spiro atoms. The number of fused-ring (bicyclic) bond motifs is 4. The number of likely N-dealkylation sites (tertiary alicyclic amines) is 3. The fraction of sp³-hybridized carbons (Fsp3) is 0.621. The predicted octanol–water partition coefficient (Wildman–Crippen LogP) is 2.06. The maximum absolute atomic E-state index is 13.8. The predicted molar refractivity (Wildman–Crippen MR) is 141 cm³/mol. The highest BCUT2D eigenvalue weighted by molar-refractivity contribution is 5.90. The van der Waals surface area contributed by atoms with Crippen LogP contribution in [0, 0.1) is 17.2 Å². The number of carboxylic acids is 1. The van der Waals surface area contributed by atoms with Crippen LogP contribution in [-0.4, -0.2) is 92.6 Å². The van der Waals surface area contributed by atoms with Crippen molar-refractivity contribution in [3.63, 3.8) is 0 Å². The third-order valence-electron chi connectivity index (χ3n) is 9.00. The SMILES string of the molecule is CC(C)(C)OC(=O)N[C@@H](CN1C[C@@H]2C[C@H]1C(=O)N2[C@H]1CCc2cc(C(=O)O)ccc21)C(=O)N1[C@H](C#N)C[C@@H]2C[C@@H]21. The number of aromatic carboxylic acids is 1. The first-order chi connectivity index (χ1) is 18.9. The molecule has 5 aliphatic rings. The summed E-state index contributed by atoms with van der Waals surface area (Å²) in [5, 5.41) is 21.7. The molecule has 0 radical (unpaired) electrons. The lowest BCUT2D eigenvalue weighted by Gasteiger charge is -2.39. The molecule has 3 saturated heterocycles. The molecule has 40 heavy (non-hydrogen) atoms. The Labute approximate surface area is 233 Å². The Bertz CT molecular complexity index is 1320. The Morgan fingerprint density at radius 3 is 2.65 bits per heavy atom. The first-order valence-corrected chi connectivity index (χ1v) is 14.1. The van der Waals surface area contributed by atoms with E-state index in [1.54, 1.807) is 37.8 Å². The zero-order valence-corrected chi connectivity index (χ0v) is 23.0. The smallest absolute Gasteiger partial charge is 0.408 e. The number of carbonyl (C=O) groups excluding carboxylic acids is 3. The number of alkyl carbamates (subject to hydrolysis) is 1. The second kappa shape index (κ2) is 9.47. The van der Waals surface area contributed by atoms with E-state index in [1.165, 1.54) is 0 Å². The molecule has 1 saturated carbocycles. The second-order valence-electron chi connectivity index (χ2n) is 12.8. The van der Waals surface area contributed by atoms with Gasteiger partial charge in [0.05, 0.1) is 23.7 Å². The highest BCUT2D eigenvalue weighted by Crippen LogP contribution is 2.48. The average Bonchev–Trinajstić information content (AvgIpc) is 3.22. The van der Waals surface area contributed by atoms with Crippen LogP contribution in [0.25, 0.3) is 0 Å². The topological polar surface area (TPSA) is 143 Å². The lowest BCUT2D eigenvalue weighted by molar-refractivity contribution is -0.141. The number of nitrogens with zero attached hydrogens (tertiary/aromatic N) is 4. The van der Waals surface area contributed by atoms with E-state index < -0.39 is 35.8 Å². The van der Waals surface area contributed by atoms with Crippen LogP contribution in [0.2, 0.25) is 0 Å². The monoisotopic (exact) mass is 549 g/mol. The minimum Gasteiger partial charge on any atom is -0.478 e. The first kappa shape index (κ1) is 26.6. The molecular formula is C29H35N5O6. The van der Waals surface area contributed by atoms with Gasteiger partial charge in [-0.1, -0.05) is 6.07 Å². The fourth-order valence-corrected chi connectivity index (χ4v) is 7.26. The van der Waals surface area contributed by atoms with Crippen LogP contribution in [0.3, 0.4) is 0 Å². The Hall–Kier alpha value is -3.65. The van der Waals surface area contributed by atoms with E-state index in [0.29, 0.717) is 25.3 Å². The van der Waals surface area contributed by atoms with Crippen molar-refractivity contribution in [1.82, 2.24) is 20.0 Å². The maximum atomic E-state index is 13.8. The van der Waals surface area contributed by atoms with E-state index in [2.05, 4.69) is 11.4 Å². The summed E-state index contributed by atoms with van der Waals surface area (Å²) in [4.78, 5) is 57.1. The van der Waals surface area contributed by atoms with Gasteiger partial charge in [-0.2, -0.15) is 5.26 Å². The molecule has 3 aliphatic heterocycles. The van der Waals surface area contributed by atoms with Gasteiger partial charge in [-0.15, -0.1) is 0 Å². The van der Waals surface area contributed by atoms with Crippen LogP contribution in [0.15, 0.2) is 18.2 Å². The number of nitrogens with one attached hydrogen (secondary N) is 1. The lowest BCUT2D eigenvalue weighted by Crippen LogP contribution is -2.59. The number of benzene rings is 1. The standard InChI is InChI=1S/C29H35N5O6/c1-29(2,3)40-28(39)31-21(25(35)33-18(12-30)9-17-10-23(17)33)14-32-13-19-11-24(32)26(36)34(19)22-7-5-15-8-16(27(37)38)4-6-20(15)22/h4,6,8,17-19,21-24H,5,7,9-11,13-14H2,1-3H3,(H,31,39)(H,37,38)/t17-,18+,19+,21+,22+,23+,24+/m1/s1. The van der Waals surface area contributed by atoms with Gasteiger partial charge in [0, 0.05) is 25.2 Å². The second-order valence-corrected chi connectivity index (χ2v) is 12.8. The molecule has 0 unspecified atom stereocenters. The van der Waals surface area contributed by atoms with Crippen LogP contribution in [0.1, 0.15) is 74.0 Å². The third kappa shape index (κ3) is 4.58. The number of hydrogen-bond donors (Lipinski definition) is 2. The summed E-state index contributed by atoms with van der Waals surface area (Å²) in [5.74, 6) is -0.921. The number of ether oxygens (including phenoxy) is 1. The van der Waals surface area contributed by atoms with Crippen molar-refractivity contribution in [1.29, 1.82) is 5.26 Å². The van der Waals surface area contributed by atoms with Gasteiger partial charge in [-0.3, -0.25) is 14.5 Å². The zero-order chi connectivity index (χ0) is 28.5. The molecule has 1 aromatic carbocycles. The number of amides is 3. The van der Waals surface area contributed by atoms with Gasteiger partial charge < -0.3 is 25.0 Å². The molecule has 11 nitrogen and oxygen atoms in total. The number of carbonyl (C=O) groups is 4.